The van der Waals surface area contributed by atoms with E-state index in [4.69, 9.17) is 4.42 Å². The Labute approximate surface area is 130 Å². The number of rotatable bonds is 5. The summed E-state index contributed by atoms with van der Waals surface area (Å²) < 4.78 is 5.46. The Balaban J connectivity index is 1.63. The van der Waals surface area contributed by atoms with Crippen molar-refractivity contribution in [2.45, 2.75) is 81.9 Å². The van der Waals surface area contributed by atoms with Crippen molar-refractivity contribution < 1.29 is 4.42 Å². The molecule has 2 aliphatic carbocycles. The fourth-order valence-electron chi connectivity index (χ4n) is 4.02. The summed E-state index contributed by atoms with van der Waals surface area (Å²) in [5.41, 5.74) is 2.04. The van der Waals surface area contributed by atoms with E-state index >= 15 is 0 Å². The lowest BCUT2D eigenvalue weighted by molar-refractivity contribution is 0.486. The Kier molecular flexibility index (Phi) is 5.98. The summed E-state index contributed by atoms with van der Waals surface area (Å²) in [7, 11) is 0.0990. The third-order valence-corrected chi connectivity index (χ3v) is 8.44. The van der Waals surface area contributed by atoms with E-state index in [1.54, 1.807) is 6.26 Å². The van der Waals surface area contributed by atoms with Crippen LogP contribution in [-0.2, 0) is 6.42 Å². The molecule has 0 amide bonds. The van der Waals surface area contributed by atoms with E-state index in [-0.39, 0.29) is 7.92 Å². The summed E-state index contributed by atoms with van der Waals surface area (Å²) >= 11 is 0. The minimum atomic E-state index is 0.0990. The highest BCUT2D eigenvalue weighted by atomic mass is 31.1. The SMILES string of the molecule is C(=CP(C1CCCCC1)C1CCCCC1)Cc1ccco1. The fourth-order valence-corrected chi connectivity index (χ4v) is 7.37. The molecule has 1 heterocycles. The standard InChI is InChI=1S/C19H29OP/c1-3-11-18(12-4-1)21(19-13-5-2-6-14-19)16-8-10-17-9-7-15-20-17/h7-9,15-16,18-19H,1-6,10-14H2. The summed E-state index contributed by atoms with van der Waals surface area (Å²) in [5.74, 6) is 3.73. The van der Waals surface area contributed by atoms with Gasteiger partial charge in [0.05, 0.1) is 6.26 Å². The van der Waals surface area contributed by atoms with Crippen LogP contribution in [0.25, 0.3) is 0 Å². The second kappa shape index (κ2) is 8.18. The normalized spacial score (nSPS) is 22.3. The van der Waals surface area contributed by atoms with Gasteiger partial charge in [0.15, 0.2) is 0 Å². The minimum Gasteiger partial charge on any atom is -0.469 e. The third kappa shape index (κ3) is 4.46. The van der Waals surface area contributed by atoms with Crippen LogP contribution in [0.15, 0.2) is 34.7 Å². The van der Waals surface area contributed by atoms with Crippen LogP contribution in [0.4, 0.5) is 0 Å². The van der Waals surface area contributed by atoms with Crippen molar-refractivity contribution in [2.75, 3.05) is 0 Å². The molecule has 2 fully saturated rings. The van der Waals surface area contributed by atoms with Gasteiger partial charge in [0.25, 0.3) is 0 Å². The van der Waals surface area contributed by atoms with Crippen LogP contribution in [-0.4, -0.2) is 11.3 Å². The van der Waals surface area contributed by atoms with Crippen molar-refractivity contribution in [1.29, 1.82) is 0 Å². The second-order valence-electron chi connectivity index (χ2n) is 6.70. The molecule has 0 spiro atoms. The first kappa shape index (κ1) is 15.3. The average molecular weight is 304 g/mol. The molecule has 2 aliphatic rings. The lowest BCUT2D eigenvalue weighted by Crippen LogP contribution is -2.19. The van der Waals surface area contributed by atoms with Gasteiger partial charge in [-0.1, -0.05) is 58.3 Å². The molecule has 21 heavy (non-hydrogen) atoms. The maximum Gasteiger partial charge on any atom is 0.107 e. The number of allylic oxidation sites excluding steroid dienone is 1. The molecule has 2 saturated carbocycles. The van der Waals surface area contributed by atoms with E-state index in [2.05, 4.69) is 18.0 Å². The van der Waals surface area contributed by atoms with Gasteiger partial charge in [0.2, 0.25) is 0 Å². The lowest BCUT2D eigenvalue weighted by Gasteiger charge is -2.36. The van der Waals surface area contributed by atoms with Crippen LogP contribution in [0.1, 0.15) is 70.0 Å². The van der Waals surface area contributed by atoms with Crippen LogP contribution in [0.3, 0.4) is 0 Å². The van der Waals surface area contributed by atoms with E-state index < -0.39 is 0 Å². The van der Waals surface area contributed by atoms with E-state index in [0.29, 0.717) is 0 Å². The second-order valence-corrected chi connectivity index (χ2v) is 9.35. The Morgan fingerprint density at radius 2 is 1.57 bits per heavy atom. The highest BCUT2D eigenvalue weighted by molar-refractivity contribution is 7.62. The first-order valence-corrected chi connectivity index (χ1v) is 10.4. The van der Waals surface area contributed by atoms with Crippen molar-refractivity contribution in [3.63, 3.8) is 0 Å². The lowest BCUT2D eigenvalue weighted by atomic mass is 9.99. The zero-order valence-electron chi connectivity index (χ0n) is 13.2. The monoisotopic (exact) mass is 304 g/mol. The topological polar surface area (TPSA) is 13.1 Å². The van der Waals surface area contributed by atoms with Gasteiger partial charge in [0.1, 0.15) is 5.76 Å². The van der Waals surface area contributed by atoms with Gasteiger partial charge in [-0.25, -0.2) is 0 Å². The molecular weight excluding hydrogens is 275 g/mol. The van der Waals surface area contributed by atoms with Gasteiger partial charge < -0.3 is 4.42 Å². The van der Waals surface area contributed by atoms with E-state index in [9.17, 15) is 0 Å². The number of hydrogen-bond acceptors (Lipinski definition) is 1. The Morgan fingerprint density at radius 3 is 2.10 bits per heavy atom. The molecule has 1 nitrogen and oxygen atoms in total. The fraction of sp³-hybridized carbons (Fsp3) is 0.684. The van der Waals surface area contributed by atoms with Gasteiger partial charge in [-0.3, -0.25) is 0 Å². The third-order valence-electron chi connectivity index (χ3n) is 5.17. The highest BCUT2D eigenvalue weighted by Crippen LogP contribution is 2.56. The largest absolute Gasteiger partial charge is 0.469 e. The van der Waals surface area contributed by atoms with Gasteiger partial charge in [0, 0.05) is 6.42 Å². The predicted molar refractivity (Wildman–Crippen MR) is 92.2 cm³/mol. The van der Waals surface area contributed by atoms with Crippen LogP contribution >= 0.6 is 7.92 Å². The van der Waals surface area contributed by atoms with Crippen molar-refractivity contribution in [2.24, 2.45) is 0 Å². The summed E-state index contributed by atoms with van der Waals surface area (Å²) in [6.07, 6.45) is 20.0. The van der Waals surface area contributed by atoms with Gasteiger partial charge in [-0.05, 0) is 49.1 Å². The van der Waals surface area contributed by atoms with Crippen molar-refractivity contribution in [3.8, 4) is 0 Å². The Morgan fingerprint density at radius 1 is 0.952 bits per heavy atom. The van der Waals surface area contributed by atoms with Crippen LogP contribution in [0.2, 0.25) is 0 Å². The average Bonchev–Trinajstić information content (AvgIpc) is 3.07. The maximum atomic E-state index is 5.46. The van der Waals surface area contributed by atoms with E-state index in [1.165, 1.54) is 64.2 Å². The molecule has 0 saturated heterocycles. The molecule has 0 N–H and O–H groups in total. The quantitative estimate of drug-likeness (QED) is 0.567. The molecule has 116 valence electrons. The van der Waals surface area contributed by atoms with Crippen LogP contribution in [0, 0.1) is 0 Å². The molecule has 0 unspecified atom stereocenters. The summed E-state index contributed by atoms with van der Waals surface area (Å²) in [5, 5.41) is 0. The highest BCUT2D eigenvalue weighted by Gasteiger charge is 2.29. The summed E-state index contributed by atoms with van der Waals surface area (Å²) in [6, 6.07) is 4.09. The number of hydrogen-bond donors (Lipinski definition) is 0. The van der Waals surface area contributed by atoms with E-state index in [0.717, 1.165) is 23.5 Å². The first-order chi connectivity index (χ1) is 10.4. The van der Waals surface area contributed by atoms with Gasteiger partial charge in [-0.15, -0.1) is 0 Å². The first-order valence-electron chi connectivity index (χ1n) is 8.90. The van der Waals surface area contributed by atoms with Gasteiger partial charge >= 0.3 is 0 Å². The molecule has 0 atom stereocenters. The molecule has 0 bridgehead atoms. The molecule has 1 aromatic heterocycles. The van der Waals surface area contributed by atoms with Gasteiger partial charge in [-0.2, -0.15) is 0 Å². The van der Waals surface area contributed by atoms with Crippen molar-refractivity contribution in [1.82, 2.24) is 0 Å². The molecule has 3 rings (SSSR count). The van der Waals surface area contributed by atoms with E-state index in [1.807, 2.05) is 6.07 Å². The smallest absolute Gasteiger partial charge is 0.107 e. The van der Waals surface area contributed by atoms with Crippen molar-refractivity contribution >= 4 is 7.92 Å². The molecule has 0 radical (unpaired) electrons. The Hall–Kier alpha value is -0.550. The molecule has 0 aromatic carbocycles. The van der Waals surface area contributed by atoms with Crippen LogP contribution in [0.5, 0.6) is 0 Å². The maximum absolute atomic E-state index is 5.46. The summed E-state index contributed by atoms with van der Waals surface area (Å²) in [6.45, 7) is 0. The molecular formula is C19H29OP. The summed E-state index contributed by atoms with van der Waals surface area (Å²) in [4.78, 5) is 0. The zero-order chi connectivity index (χ0) is 14.3. The zero-order valence-corrected chi connectivity index (χ0v) is 14.1. The molecule has 0 aliphatic heterocycles. The Bertz CT molecular complexity index is 393. The number of furan rings is 1. The minimum absolute atomic E-state index is 0.0990. The predicted octanol–water partition coefficient (Wildman–Crippen LogP) is 6.48. The molecule has 2 heteroatoms. The molecule has 1 aromatic rings. The van der Waals surface area contributed by atoms with Crippen LogP contribution < -0.4 is 0 Å². The van der Waals surface area contributed by atoms with Crippen molar-refractivity contribution in [3.05, 3.63) is 36.0 Å².